The van der Waals surface area contributed by atoms with Gasteiger partial charge in [0.25, 0.3) is 0 Å². The van der Waals surface area contributed by atoms with E-state index in [0.717, 1.165) is 19.3 Å². The number of aliphatic carboxylic acids is 1. The van der Waals surface area contributed by atoms with Crippen LogP contribution in [0, 0.1) is 5.92 Å². The number of unbranched alkanes of at least 4 members (excludes halogenated alkanes) is 12. The molecule has 0 rings (SSSR count). The molecular weight excluding hydrogens is 328 g/mol. The highest BCUT2D eigenvalue weighted by atomic mass is 16.4. The average Bonchev–Trinajstić information content (AvgIpc) is 2.62. The summed E-state index contributed by atoms with van der Waals surface area (Å²) < 4.78 is 0. The quantitative estimate of drug-likeness (QED) is 0.240. The van der Waals surface area contributed by atoms with E-state index in [1.165, 1.54) is 70.6 Å². The molecule has 0 aliphatic heterocycles. The second-order valence-electron chi connectivity index (χ2n) is 7.82. The molecule has 2 atom stereocenters. The second-order valence-corrected chi connectivity index (χ2v) is 7.82. The third kappa shape index (κ3) is 16.8. The van der Waals surface area contributed by atoms with Crippen LogP contribution in [0.25, 0.3) is 0 Å². The maximum absolute atomic E-state index is 11.0. The predicted octanol–water partition coefficient (Wildman–Crippen LogP) is 5.69. The highest BCUT2D eigenvalue weighted by molar-refractivity contribution is 5.67. The first-order valence-electron chi connectivity index (χ1n) is 11.1. The van der Waals surface area contributed by atoms with Crippen molar-refractivity contribution in [2.45, 2.75) is 122 Å². The molecule has 0 saturated carbocycles. The minimum atomic E-state index is -0.840. The largest absolute Gasteiger partial charge is 0.481 e. The van der Waals surface area contributed by atoms with E-state index in [-0.39, 0.29) is 18.9 Å². The summed E-state index contributed by atoms with van der Waals surface area (Å²) in [6.45, 7) is 2.31. The molecule has 4 nitrogen and oxygen atoms in total. The molecule has 2 unspecified atom stereocenters. The zero-order valence-electron chi connectivity index (χ0n) is 17.1. The molecule has 0 aliphatic rings. The molecule has 0 aromatic heterocycles. The first-order valence-corrected chi connectivity index (χ1v) is 11.1. The van der Waals surface area contributed by atoms with Gasteiger partial charge >= 0.3 is 5.97 Å². The van der Waals surface area contributed by atoms with E-state index >= 15 is 0 Å². The number of aliphatic hydroxyl groups excluding tert-OH is 2. The first kappa shape index (κ1) is 25.4. The molecule has 0 aliphatic carbocycles. The summed E-state index contributed by atoms with van der Waals surface area (Å²) in [4.78, 5) is 11.0. The molecular formula is C22H44O4. The summed E-state index contributed by atoms with van der Waals surface area (Å²) in [5, 5.41) is 28.0. The Hall–Kier alpha value is -0.610. The molecule has 0 aromatic rings. The Morgan fingerprint density at radius 3 is 1.62 bits per heavy atom. The fourth-order valence-electron chi connectivity index (χ4n) is 3.62. The van der Waals surface area contributed by atoms with Crippen LogP contribution in [0.1, 0.15) is 116 Å². The molecule has 0 heterocycles. The SMILES string of the molecule is CCCCCCCCCCCCCCCC(CC(=O)O)C(O)CCCO. The van der Waals surface area contributed by atoms with Crippen molar-refractivity contribution >= 4 is 5.97 Å². The molecule has 4 heteroatoms. The van der Waals surface area contributed by atoms with Crippen molar-refractivity contribution in [1.82, 2.24) is 0 Å². The van der Waals surface area contributed by atoms with Crippen LogP contribution in [-0.4, -0.2) is 34.0 Å². The highest BCUT2D eigenvalue weighted by Gasteiger charge is 2.21. The fraction of sp³-hybridized carbons (Fsp3) is 0.955. The lowest BCUT2D eigenvalue weighted by Gasteiger charge is -2.21. The topological polar surface area (TPSA) is 77.8 Å². The Bertz CT molecular complexity index is 307. The maximum atomic E-state index is 11.0. The normalized spacial score (nSPS) is 13.7. The summed E-state index contributed by atoms with van der Waals surface area (Å²) in [6.07, 6.45) is 18.1. The van der Waals surface area contributed by atoms with Crippen molar-refractivity contribution < 1.29 is 20.1 Å². The molecule has 3 N–H and O–H groups in total. The van der Waals surface area contributed by atoms with Gasteiger partial charge < -0.3 is 15.3 Å². The number of carbonyl (C=O) groups is 1. The van der Waals surface area contributed by atoms with Crippen LogP contribution >= 0.6 is 0 Å². The van der Waals surface area contributed by atoms with E-state index in [9.17, 15) is 9.90 Å². The van der Waals surface area contributed by atoms with Gasteiger partial charge in [0.1, 0.15) is 0 Å². The van der Waals surface area contributed by atoms with Gasteiger partial charge in [-0.05, 0) is 25.2 Å². The van der Waals surface area contributed by atoms with Crippen molar-refractivity contribution in [2.24, 2.45) is 5.92 Å². The zero-order valence-corrected chi connectivity index (χ0v) is 17.1. The van der Waals surface area contributed by atoms with Gasteiger partial charge in [0.05, 0.1) is 12.5 Å². The van der Waals surface area contributed by atoms with Crippen LogP contribution in [0.3, 0.4) is 0 Å². The van der Waals surface area contributed by atoms with Crippen LogP contribution in [0.5, 0.6) is 0 Å². The van der Waals surface area contributed by atoms with Crippen molar-refractivity contribution in [3.05, 3.63) is 0 Å². The van der Waals surface area contributed by atoms with Crippen LogP contribution in [0.4, 0.5) is 0 Å². The second kappa shape index (κ2) is 19.2. The molecule has 0 saturated heterocycles. The molecule has 0 fully saturated rings. The van der Waals surface area contributed by atoms with Crippen molar-refractivity contribution in [2.75, 3.05) is 6.61 Å². The number of hydrogen-bond donors (Lipinski definition) is 3. The van der Waals surface area contributed by atoms with Crippen LogP contribution in [0.2, 0.25) is 0 Å². The number of rotatable bonds is 20. The Balaban J connectivity index is 3.55. The van der Waals surface area contributed by atoms with E-state index < -0.39 is 12.1 Å². The summed E-state index contributed by atoms with van der Waals surface area (Å²) in [5.41, 5.74) is 0. The standard InChI is InChI=1S/C22H44O4/c1-2-3-4-5-6-7-8-9-10-11-12-13-14-16-20(19-22(25)26)21(24)17-15-18-23/h20-21,23-24H,2-19H2,1H3,(H,25,26). The van der Waals surface area contributed by atoms with E-state index in [0.29, 0.717) is 12.8 Å². The maximum Gasteiger partial charge on any atom is 0.303 e. The highest BCUT2D eigenvalue weighted by Crippen LogP contribution is 2.22. The third-order valence-electron chi connectivity index (χ3n) is 5.32. The van der Waals surface area contributed by atoms with Crippen molar-refractivity contribution in [3.8, 4) is 0 Å². The van der Waals surface area contributed by atoms with Gasteiger partial charge in [0.2, 0.25) is 0 Å². The Kier molecular flexibility index (Phi) is 18.7. The monoisotopic (exact) mass is 372 g/mol. The van der Waals surface area contributed by atoms with E-state index in [1.807, 2.05) is 0 Å². The number of hydrogen-bond acceptors (Lipinski definition) is 3. The molecule has 0 spiro atoms. The van der Waals surface area contributed by atoms with Crippen LogP contribution < -0.4 is 0 Å². The fourth-order valence-corrected chi connectivity index (χ4v) is 3.62. The zero-order chi connectivity index (χ0) is 19.5. The Labute approximate surface area is 161 Å². The van der Waals surface area contributed by atoms with Gasteiger partial charge in [-0.15, -0.1) is 0 Å². The van der Waals surface area contributed by atoms with E-state index in [2.05, 4.69) is 6.92 Å². The van der Waals surface area contributed by atoms with Crippen molar-refractivity contribution in [1.29, 1.82) is 0 Å². The molecule has 0 bridgehead atoms. The predicted molar refractivity (Wildman–Crippen MR) is 108 cm³/mol. The summed E-state index contributed by atoms with van der Waals surface area (Å²) in [7, 11) is 0. The smallest absolute Gasteiger partial charge is 0.303 e. The Morgan fingerprint density at radius 2 is 1.19 bits per heavy atom. The average molecular weight is 373 g/mol. The van der Waals surface area contributed by atoms with Gasteiger partial charge in [-0.1, -0.05) is 90.4 Å². The van der Waals surface area contributed by atoms with Gasteiger partial charge in [-0.3, -0.25) is 4.79 Å². The molecule has 156 valence electrons. The van der Waals surface area contributed by atoms with Crippen LogP contribution in [0.15, 0.2) is 0 Å². The minimum absolute atomic E-state index is 0.0326. The lowest BCUT2D eigenvalue weighted by molar-refractivity contribution is -0.139. The van der Waals surface area contributed by atoms with Gasteiger partial charge in [0, 0.05) is 6.61 Å². The first-order chi connectivity index (χ1) is 12.6. The summed E-state index contributed by atoms with van der Waals surface area (Å²) in [5.74, 6) is -1.01. The Morgan fingerprint density at radius 1 is 0.731 bits per heavy atom. The molecule has 0 radical (unpaired) electrons. The van der Waals surface area contributed by atoms with E-state index in [4.69, 9.17) is 10.2 Å². The number of carboxylic acids is 1. The van der Waals surface area contributed by atoms with E-state index in [1.54, 1.807) is 0 Å². The number of carboxylic acid groups (broad SMARTS) is 1. The van der Waals surface area contributed by atoms with Crippen molar-refractivity contribution in [3.63, 3.8) is 0 Å². The molecule has 0 aromatic carbocycles. The minimum Gasteiger partial charge on any atom is -0.481 e. The van der Waals surface area contributed by atoms with Crippen LogP contribution in [-0.2, 0) is 4.79 Å². The van der Waals surface area contributed by atoms with Gasteiger partial charge in [-0.25, -0.2) is 0 Å². The third-order valence-corrected chi connectivity index (χ3v) is 5.32. The molecule has 26 heavy (non-hydrogen) atoms. The summed E-state index contributed by atoms with van der Waals surface area (Å²) >= 11 is 0. The molecule has 0 amide bonds. The van der Waals surface area contributed by atoms with Gasteiger partial charge in [-0.2, -0.15) is 0 Å². The van der Waals surface area contributed by atoms with Gasteiger partial charge in [0.15, 0.2) is 0 Å². The lowest BCUT2D eigenvalue weighted by Crippen LogP contribution is -2.23. The summed E-state index contributed by atoms with van der Waals surface area (Å²) in [6, 6.07) is 0. The lowest BCUT2D eigenvalue weighted by atomic mass is 9.89. The number of aliphatic hydroxyl groups is 2.